The Morgan fingerprint density at radius 1 is 2.00 bits per heavy atom. The molecule has 1 atom stereocenters. The highest BCUT2D eigenvalue weighted by molar-refractivity contribution is 5.85. The molecule has 0 bridgehead atoms. The molecule has 0 fully saturated rings. The minimum atomic E-state index is -0.741. The predicted molar refractivity (Wildman–Crippen MR) is 31.3 cm³/mol. The van der Waals surface area contributed by atoms with Crippen molar-refractivity contribution in [2.45, 2.75) is 6.10 Å². The van der Waals surface area contributed by atoms with Gasteiger partial charge in [-0.1, -0.05) is 0 Å². The predicted octanol–water partition coefficient (Wildman–Crippen LogP) is -1.79. The van der Waals surface area contributed by atoms with Crippen molar-refractivity contribution in [3.05, 3.63) is 0 Å². The van der Waals surface area contributed by atoms with Crippen molar-refractivity contribution in [1.29, 1.82) is 0 Å². The zero-order valence-corrected chi connectivity index (χ0v) is 5.07. The Hall–Kier alpha value is -1.30. The number of amidine groups is 1. The molecule has 56 valence electrons. The van der Waals surface area contributed by atoms with Crippen molar-refractivity contribution < 1.29 is 14.7 Å². The van der Waals surface area contributed by atoms with Gasteiger partial charge in [0.1, 0.15) is 0 Å². The van der Waals surface area contributed by atoms with E-state index in [0.29, 0.717) is 0 Å². The van der Waals surface area contributed by atoms with E-state index in [4.69, 9.17) is 10.9 Å². The van der Waals surface area contributed by atoms with Crippen LogP contribution >= 0.6 is 0 Å². The van der Waals surface area contributed by atoms with Crippen LogP contribution in [0.2, 0.25) is 0 Å². The Bertz CT molecular complexity index is 179. The lowest BCUT2D eigenvalue weighted by Crippen LogP contribution is -2.33. The van der Waals surface area contributed by atoms with Crippen LogP contribution in [0.4, 0.5) is 0 Å². The number of primary amides is 1. The van der Waals surface area contributed by atoms with Gasteiger partial charge in [0.15, 0.2) is 6.10 Å². The maximum atomic E-state index is 10.4. The second-order valence-electron chi connectivity index (χ2n) is 1.77. The van der Waals surface area contributed by atoms with Crippen molar-refractivity contribution in [3.63, 3.8) is 0 Å². The quantitative estimate of drug-likeness (QED) is 0.379. The molecular weight excluding hydrogens is 138 g/mol. The van der Waals surface area contributed by atoms with Gasteiger partial charge < -0.3 is 10.5 Å². The van der Waals surface area contributed by atoms with E-state index in [1.165, 1.54) is 0 Å². The molecular formula is C4H7N3O3. The van der Waals surface area contributed by atoms with Crippen LogP contribution in [0.5, 0.6) is 0 Å². The fraction of sp³-hybridized carbons (Fsp3) is 0.500. The lowest BCUT2D eigenvalue weighted by atomic mass is 10.3. The number of hydrogen-bond donors (Lipinski definition) is 3. The highest BCUT2D eigenvalue weighted by Crippen LogP contribution is 2.00. The molecule has 6 heteroatoms. The first-order chi connectivity index (χ1) is 4.74. The molecule has 1 aliphatic heterocycles. The molecule has 0 aliphatic carbocycles. The summed E-state index contributed by atoms with van der Waals surface area (Å²) in [5.74, 6) is -0.589. The van der Waals surface area contributed by atoms with Crippen LogP contribution in [0.1, 0.15) is 0 Å². The molecule has 1 rings (SSSR count). The first kappa shape index (κ1) is 6.81. The fourth-order valence-electron chi connectivity index (χ4n) is 0.585. The van der Waals surface area contributed by atoms with Gasteiger partial charge in [-0.05, 0) is 0 Å². The molecule has 0 aromatic rings. The number of aliphatic imine (C=N–C) groups is 1. The number of nitrogens with zero attached hydrogens (tertiary/aromatic N) is 1. The van der Waals surface area contributed by atoms with Gasteiger partial charge in [0.25, 0.3) is 5.91 Å². The lowest BCUT2D eigenvalue weighted by molar-refractivity contribution is -0.124. The molecule has 0 radical (unpaired) electrons. The number of hydroxylamine groups is 1. The van der Waals surface area contributed by atoms with Crippen molar-refractivity contribution >= 4 is 11.9 Å². The van der Waals surface area contributed by atoms with Gasteiger partial charge in [-0.3, -0.25) is 10.0 Å². The Balaban J connectivity index is 2.43. The fourth-order valence-corrected chi connectivity index (χ4v) is 0.585. The van der Waals surface area contributed by atoms with E-state index in [1.54, 1.807) is 5.48 Å². The van der Waals surface area contributed by atoms with Crippen LogP contribution in [0, 0.1) is 0 Å². The number of carbonyl (C=O) groups excluding carboxylic acids is 1. The monoisotopic (exact) mass is 145 g/mol. The van der Waals surface area contributed by atoms with Gasteiger partial charge in [-0.2, -0.15) is 0 Å². The summed E-state index contributed by atoms with van der Waals surface area (Å²) in [4.78, 5) is 14.0. The third-order valence-corrected chi connectivity index (χ3v) is 1.07. The molecule has 0 saturated heterocycles. The molecule has 10 heavy (non-hydrogen) atoms. The van der Waals surface area contributed by atoms with Gasteiger partial charge in [-0.25, -0.2) is 10.5 Å². The average Bonchev–Trinajstić information content (AvgIpc) is 2.34. The second kappa shape index (κ2) is 2.53. The Morgan fingerprint density at radius 2 is 2.70 bits per heavy atom. The molecule has 1 aliphatic rings. The van der Waals surface area contributed by atoms with Crippen LogP contribution in [0.15, 0.2) is 4.99 Å². The normalized spacial score (nSPS) is 23.3. The number of rotatable bonds is 1. The van der Waals surface area contributed by atoms with E-state index >= 15 is 0 Å². The second-order valence-corrected chi connectivity index (χ2v) is 1.77. The van der Waals surface area contributed by atoms with Crippen molar-refractivity contribution in [1.82, 2.24) is 5.48 Å². The van der Waals surface area contributed by atoms with E-state index in [-0.39, 0.29) is 12.6 Å². The summed E-state index contributed by atoms with van der Waals surface area (Å²) in [6.07, 6.45) is -0.741. The number of carbonyl (C=O) groups is 1. The van der Waals surface area contributed by atoms with Crippen LogP contribution in [0.25, 0.3) is 0 Å². The van der Waals surface area contributed by atoms with Gasteiger partial charge in [0, 0.05) is 0 Å². The molecule has 1 amide bonds. The van der Waals surface area contributed by atoms with Crippen LogP contribution in [-0.2, 0) is 9.53 Å². The first-order valence-corrected chi connectivity index (χ1v) is 2.64. The molecule has 0 spiro atoms. The Kier molecular flexibility index (Phi) is 1.72. The van der Waals surface area contributed by atoms with Gasteiger partial charge in [0.05, 0.1) is 6.54 Å². The van der Waals surface area contributed by atoms with Gasteiger partial charge in [-0.15, -0.1) is 0 Å². The minimum Gasteiger partial charge on any atom is -0.448 e. The molecule has 6 nitrogen and oxygen atoms in total. The zero-order valence-electron chi connectivity index (χ0n) is 5.07. The van der Waals surface area contributed by atoms with E-state index in [2.05, 4.69) is 9.73 Å². The third kappa shape index (κ3) is 1.16. The SMILES string of the molecule is NC(=O)C1CN=C(NO)O1. The molecule has 0 aromatic heterocycles. The molecule has 0 saturated carbocycles. The zero-order chi connectivity index (χ0) is 7.56. The molecule has 1 unspecified atom stereocenters. The molecule has 1 heterocycles. The highest BCUT2D eigenvalue weighted by atomic mass is 16.6. The van der Waals surface area contributed by atoms with E-state index in [0.717, 1.165) is 0 Å². The summed E-state index contributed by atoms with van der Waals surface area (Å²) in [6, 6.07) is -0.0659. The lowest BCUT2D eigenvalue weighted by Gasteiger charge is -2.04. The number of nitrogens with one attached hydrogen (secondary N) is 1. The molecule has 4 N–H and O–H groups in total. The van der Waals surface area contributed by atoms with E-state index in [9.17, 15) is 4.79 Å². The van der Waals surface area contributed by atoms with Crippen molar-refractivity contribution in [2.24, 2.45) is 10.7 Å². The number of hydrogen-bond acceptors (Lipinski definition) is 5. The Morgan fingerprint density at radius 3 is 3.00 bits per heavy atom. The minimum absolute atomic E-state index is 0.0659. The van der Waals surface area contributed by atoms with E-state index in [1.807, 2.05) is 0 Å². The van der Waals surface area contributed by atoms with Crippen LogP contribution < -0.4 is 11.2 Å². The number of ether oxygens (including phenoxy) is 1. The van der Waals surface area contributed by atoms with Gasteiger partial charge in [0.2, 0.25) is 0 Å². The van der Waals surface area contributed by atoms with Gasteiger partial charge >= 0.3 is 6.02 Å². The summed E-state index contributed by atoms with van der Waals surface area (Å²) in [7, 11) is 0. The van der Waals surface area contributed by atoms with E-state index < -0.39 is 12.0 Å². The third-order valence-electron chi connectivity index (χ3n) is 1.07. The smallest absolute Gasteiger partial charge is 0.310 e. The maximum absolute atomic E-state index is 10.4. The van der Waals surface area contributed by atoms with Crippen molar-refractivity contribution in [3.8, 4) is 0 Å². The summed E-state index contributed by atoms with van der Waals surface area (Å²) < 4.78 is 4.69. The highest BCUT2D eigenvalue weighted by Gasteiger charge is 2.24. The van der Waals surface area contributed by atoms with Crippen molar-refractivity contribution in [2.75, 3.05) is 6.54 Å². The maximum Gasteiger partial charge on any atom is 0.310 e. The summed E-state index contributed by atoms with van der Waals surface area (Å²) in [5, 5.41) is 8.21. The molecule has 0 aromatic carbocycles. The average molecular weight is 145 g/mol. The standard InChI is InChI=1S/C4H7N3O3/c5-3(8)2-1-6-4(7-9)10-2/h2,9H,1H2,(H2,5,8)(H,6,7). The number of amides is 1. The summed E-state index contributed by atoms with van der Waals surface area (Å²) in [6.45, 7) is 0.165. The largest absolute Gasteiger partial charge is 0.448 e. The Labute approximate surface area is 56.6 Å². The summed E-state index contributed by atoms with van der Waals surface area (Å²) >= 11 is 0. The first-order valence-electron chi connectivity index (χ1n) is 2.64. The number of nitrogens with two attached hydrogens (primary N) is 1. The van der Waals surface area contributed by atoms with Crippen LogP contribution in [0.3, 0.4) is 0 Å². The van der Waals surface area contributed by atoms with Crippen LogP contribution in [-0.4, -0.2) is 29.8 Å². The topological polar surface area (TPSA) is 96.9 Å². The summed E-state index contributed by atoms with van der Waals surface area (Å²) in [5.41, 5.74) is 6.54.